The molecule has 0 saturated heterocycles. The highest BCUT2D eigenvalue weighted by molar-refractivity contribution is 9.10. The van der Waals surface area contributed by atoms with Crippen LogP contribution in [0.4, 0.5) is 4.79 Å². The van der Waals surface area contributed by atoms with Crippen LogP contribution >= 0.6 is 27.7 Å². The van der Waals surface area contributed by atoms with Crippen molar-refractivity contribution in [3.05, 3.63) is 40.2 Å². The zero-order valence-electron chi connectivity index (χ0n) is 13.8. The van der Waals surface area contributed by atoms with Crippen LogP contribution in [0.1, 0.15) is 32.2 Å². The number of hydrogen-bond acceptors (Lipinski definition) is 6. The summed E-state index contributed by atoms with van der Waals surface area (Å²) in [6.07, 6.45) is 0.00946. The molecule has 1 N–H and O–H groups in total. The van der Waals surface area contributed by atoms with Crippen molar-refractivity contribution >= 4 is 33.8 Å². The van der Waals surface area contributed by atoms with Gasteiger partial charge in [0.1, 0.15) is 5.60 Å². The van der Waals surface area contributed by atoms with Crippen molar-refractivity contribution in [2.24, 2.45) is 0 Å². The van der Waals surface area contributed by atoms with Crippen molar-refractivity contribution in [3.8, 4) is 0 Å². The molecule has 24 heavy (non-hydrogen) atoms. The topological polar surface area (TPSA) is 77.2 Å². The Hall–Kier alpha value is -1.54. The molecule has 1 amide bonds. The summed E-state index contributed by atoms with van der Waals surface area (Å²) in [6, 6.07) is 8.06. The second-order valence-electron chi connectivity index (χ2n) is 6.06. The van der Waals surface area contributed by atoms with Crippen LogP contribution in [0.3, 0.4) is 0 Å². The lowest BCUT2D eigenvalue weighted by Gasteiger charge is -2.19. The van der Waals surface area contributed by atoms with Crippen molar-refractivity contribution < 1.29 is 13.9 Å². The van der Waals surface area contributed by atoms with Gasteiger partial charge in [-0.3, -0.25) is 0 Å². The lowest BCUT2D eigenvalue weighted by molar-refractivity contribution is 0.0528. The number of carbonyl (C=O) groups excluding carboxylic acids is 1. The molecule has 0 atom stereocenters. The zero-order chi connectivity index (χ0) is 17.6. The number of carbonyl (C=O) groups is 1. The number of benzene rings is 1. The summed E-state index contributed by atoms with van der Waals surface area (Å²) in [4.78, 5) is 11.5. The van der Waals surface area contributed by atoms with E-state index in [1.165, 1.54) is 17.3 Å². The Balaban J connectivity index is 1.74. The molecule has 8 heteroatoms. The number of thioether (sulfide) groups is 1. The fourth-order valence-electron chi connectivity index (χ4n) is 1.76. The molecule has 130 valence electrons. The van der Waals surface area contributed by atoms with Gasteiger partial charge in [-0.15, -0.1) is 10.2 Å². The van der Waals surface area contributed by atoms with Gasteiger partial charge in [0.2, 0.25) is 5.89 Å². The van der Waals surface area contributed by atoms with Crippen LogP contribution in [0.2, 0.25) is 0 Å². The number of amides is 1. The summed E-state index contributed by atoms with van der Waals surface area (Å²) in [5.74, 6) is 1.24. The minimum Gasteiger partial charge on any atom is -0.444 e. The van der Waals surface area contributed by atoms with Gasteiger partial charge >= 0.3 is 6.09 Å². The van der Waals surface area contributed by atoms with E-state index in [1.54, 1.807) is 0 Å². The highest BCUT2D eigenvalue weighted by Gasteiger charge is 2.16. The average molecular weight is 414 g/mol. The van der Waals surface area contributed by atoms with Crippen LogP contribution in [-0.2, 0) is 16.9 Å². The summed E-state index contributed by atoms with van der Waals surface area (Å²) in [7, 11) is 0. The standard InChI is InChI=1S/C16H20BrN3O3S/c1-16(2,3)23-14(21)18-8-7-13-19-20-15(22-13)24-10-11-5-4-6-12(17)9-11/h4-6,9H,7-8,10H2,1-3H3,(H,18,21). The summed E-state index contributed by atoms with van der Waals surface area (Å²) in [5, 5.41) is 11.2. The number of aromatic nitrogens is 2. The van der Waals surface area contributed by atoms with E-state index in [-0.39, 0.29) is 0 Å². The Bertz CT molecular complexity index is 685. The first-order valence-electron chi connectivity index (χ1n) is 7.48. The largest absolute Gasteiger partial charge is 0.444 e. The SMILES string of the molecule is CC(C)(C)OC(=O)NCCc1nnc(SCc2cccc(Br)c2)o1. The molecular formula is C16H20BrN3O3S. The number of halogens is 1. The molecule has 1 aromatic carbocycles. The predicted molar refractivity (Wildman–Crippen MR) is 95.9 cm³/mol. The van der Waals surface area contributed by atoms with Gasteiger partial charge in [0.15, 0.2) is 0 Å². The molecule has 0 spiro atoms. The monoisotopic (exact) mass is 413 g/mol. The summed E-state index contributed by atoms with van der Waals surface area (Å²) < 4.78 is 11.8. The van der Waals surface area contributed by atoms with E-state index in [1.807, 2.05) is 39.0 Å². The van der Waals surface area contributed by atoms with Gasteiger partial charge in [-0.2, -0.15) is 0 Å². The third-order valence-electron chi connectivity index (χ3n) is 2.71. The summed E-state index contributed by atoms with van der Waals surface area (Å²) >= 11 is 4.92. The molecule has 1 aromatic heterocycles. The molecule has 6 nitrogen and oxygen atoms in total. The Morgan fingerprint density at radius 3 is 2.88 bits per heavy atom. The molecule has 0 bridgehead atoms. The number of rotatable bonds is 6. The van der Waals surface area contributed by atoms with E-state index < -0.39 is 11.7 Å². The molecule has 0 aliphatic rings. The van der Waals surface area contributed by atoms with Crippen LogP contribution in [0.25, 0.3) is 0 Å². The maximum absolute atomic E-state index is 11.5. The maximum atomic E-state index is 11.5. The van der Waals surface area contributed by atoms with E-state index >= 15 is 0 Å². The van der Waals surface area contributed by atoms with Crippen LogP contribution in [-0.4, -0.2) is 28.4 Å². The molecular weight excluding hydrogens is 394 g/mol. The van der Waals surface area contributed by atoms with Crippen LogP contribution in [0.5, 0.6) is 0 Å². The summed E-state index contributed by atoms with van der Waals surface area (Å²) in [5.41, 5.74) is 0.658. The number of alkyl carbamates (subject to hydrolysis) is 1. The number of hydrogen-bond donors (Lipinski definition) is 1. The van der Waals surface area contributed by atoms with Gasteiger partial charge in [-0.05, 0) is 38.5 Å². The molecule has 0 fully saturated rings. The highest BCUT2D eigenvalue weighted by atomic mass is 79.9. The van der Waals surface area contributed by atoms with Gasteiger partial charge < -0.3 is 14.5 Å². The van der Waals surface area contributed by atoms with Crippen molar-refractivity contribution in [3.63, 3.8) is 0 Å². The van der Waals surface area contributed by atoms with Gasteiger partial charge in [0, 0.05) is 23.2 Å². The van der Waals surface area contributed by atoms with E-state index in [0.717, 1.165) is 10.2 Å². The van der Waals surface area contributed by atoms with Crippen molar-refractivity contribution in [1.29, 1.82) is 0 Å². The number of nitrogens with one attached hydrogen (secondary N) is 1. The van der Waals surface area contributed by atoms with Gasteiger partial charge in [0.25, 0.3) is 5.22 Å². The molecule has 0 aliphatic heterocycles. The first-order chi connectivity index (χ1) is 11.3. The molecule has 0 unspecified atom stereocenters. The third kappa shape index (κ3) is 6.92. The van der Waals surface area contributed by atoms with Crippen molar-refractivity contribution in [2.75, 3.05) is 6.54 Å². The van der Waals surface area contributed by atoms with Crippen LogP contribution < -0.4 is 5.32 Å². The van der Waals surface area contributed by atoms with E-state index in [2.05, 4.69) is 37.5 Å². The Morgan fingerprint density at radius 1 is 1.38 bits per heavy atom. The molecule has 1 heterocycles. The van der Waals surface area contributed by atoms with Gasteiger partial charge in [-0.1, -0.05) is 39.8 Å². The lowest BCUT2D eigenvalue weighted by atomic mass is 10.2. The predicted octanol–water partition coefficient (Wildman–Crippen LogP) is 4.19. The van der Waals surface area contributed by atoms with Crippen LogP contribution in [0, 0.1) is 0 Å². The van der Waals surface area contributed by atoms with E-state index in [9.17, 15) is 4.79 Å². The first-order valence-corrected chi connectivity index (χ1v) is 9.26. The minimum absolute atomic E-state index is 0.382. The van der Waals surface area contributed by atoms with E-state index in [4.69, 9.17) is 9.15 Å². The smallest absolute Gasteiger partial charge is 0.407 e. The van der Waals surface area contributed by atoms with E-state index in [0.29, 0.717) is 24.1 Å². The molecule has 2 aromatic rings. The van der Waals surface area contributed by atoms with Gasteiger partial charge in [0.05, 0.1) is 0 Å². The second-order valence-corrected chi connectivity index (χ2v) is 7.90. The quantitative estimate of drug-likeness (QED) is 0.715. The fourth-order valence-corrected chi connectivity index (χ4v) is 2.93. The molecule has 0 saturated carbocycles. The molecule has 0 radical (unpaired) electrons. The molecule has 0 aliphatic carbocycles. The minimum atomic E-state index is -0.509. The second kappa shape index (κ2) is 8.53. The third-order valence-corrected chi connectivity index (χ3v) is 4.09. The lowest BCUT2D eigenvalue weighted by Crippen LogP contribution is -2.33. The first kappa shape index (κ1) is 18.8. The van der Waals surface area contributed by atoms with Crippen molar-refractivity contribution in [2.45, 2.75) is 43.8 Å². The Labute approximate surface area is 153 Å². The zero-order valence-corrected chi connectivity index (χ0v) is 16.2. The molecule has 2 rings (SSSR count). The van der Waals surface area contributed by atoms with Crippen molar-refractivity contribution in [1.82, 2.24) is 15.5 Å². The Kier molecular flexibility index (Phi) is 6.68. The number of nitrogens with zero attached hydrogens (tertiary/aromatic N) is 2. The Morgan fingerprint density at radius 2 is 2.17 bits per heavy atom. The fraction of sp³-hybridized carbons (Fsp3) is 0.438. The van der Waals surface area contributed by atoms with Gasteiger partial charge in [-0.25, -0.2) is 4.79 Å². The highest BCUT2D eigenvalue weighted by Crippen LogP contribution is 2.23. The maximum Gasteiger partial charge on any atom is 0.407 e. The summed E-state index contributed by atoms with van der Waals surface area (Å²) in [6.45, 7) is 5.84. The van der Waals surface area contributed by atoms with Crippen LogP contribution in [0.15, 0.2) is 38.4 Å². The normalized spacial score (nSPS) is 11.3. The average Bonchev–Trinajstić information content (AvgIpc) is 2.91. The number of ether oxygens (including phenoxy) is 1.